The number of anilines is 1. The maximum Gasteiger partial charge on any atom is 0.329 e. The zero-order chi connectivity index (χ0) is 65.4. The normalized spacial score (nSPS) is 28.7. The van der Waals surface area contributed by atoms with Crippen molar-refractivity contribution in [3.05, 3.63) is 45.9 Å². The Labute approximate surface area is 511 Å². The highest BCUT2D eigenvalue weighted by molar-refractivity contribution is 6.17. The second-order valence-electron chi connectivity index (χ2n) is 24.8. The van der Waals surface area contributed by atoms with Crippen LogP contribution < -0.4 is 37.1 Å². The van der Waals surface area contributed by atoms with Gasteiger partial charge < -0.3 is 75.9 Å². The molecule has 1 aliphatic carbocycles. The first-order valence-corrected chi connectivity index (χ1v) is 29.8. The zero-order valence-corrected chi connectivity index (χ0v) is 52.7. The number of fused-ring (bicyclic) bond motifs is 4. The van der Waals surface area contributed by atoms with Gasteiger partial charge >= 0.3 is 11.9 Å². The third-order valence-electron chi connectivity index (χ3n) is 17.3. The molecule has 11 unspecified atom stereocenters. The van der Waals surface area contributed by atoms with Crippen molar-refractivity contribution in [2.75, 3.05) is 59.7 Å². The number of nitrogens with zero attached hydrogens (tertiary/aromatic N) is 6. The highest BCUT2D eigenvalue weighted by Gasteiger charge is 2.48. The summed E-state index contributed by atoms with van der Waals surface area (Å²) >= 11 is 0. The van der Waals surface area contributed by atoms with E-state index in [-0.39, 0.29) is 47.8 Å². The molecule has 1 aromatic rings. The van der Waals surface area contributed by atoms with Crippen LogP contribution >= 0.6 is 0 Å². The molecule has 88 heavy (non-hydrogen) atoms. The van der Waals surface area contributed by atoms with Crippen molar-refractivity contribution in [1.29, 1.82) is 0 Å². The number of amides is 10. The van der Waals surface area contributed by atoms with Crippen LogP contribution in [0.5, 0.6) is 5.75 Å². The summed E-state index contributed by atoms with van der Waals surface area (Å²) in [6.45, 7) is 16.5. The number of hydrogen-bond donors (Lipinski definition) is 6. The molecule has 11 atom stereocenters. The molecular formula is C60H84N12O16. The van der Waals surface area contributed by atoms with E-state index in [4.69, 9.17) is 19.9 Å². The third-order valence-corrected chi connectivity index (χ3v) is 17.3. The molecule has 7 rings (SSSR count). The highest BCUT2D eigenvalue weighted by Crippen LogP contribution is 2.43. The van der Waals surface area contributed by atoms with Crippen LogP contribution in [0.1, 0.15) is 111 Å². The summed E-state index contributed by atoms with van der Waals surface area (Å²) in [5.74, 6) is -12.3. The van der Waals surface area contributed by atoms with E-state index in [0.717, 1.165) is 9.80 Å². The fourth-order valence-electron chi connectivity index (χ4n) is 12.2. The van der Waals surface area contributed by atoms with E-state index in [2.05, 4.69) is 26.6 Å². The average molecular weight is 1230 g/mol. The van der Waals surface area contributed by atoms with Gasteiger partial charge in [0.15, 0.2) is 5.75 Å². The monoisotopic (exact) mass is 1230 g/mol. The second kappa shape index (κ2) is 26.8. The number of rotatable bonds is 7. The number of nitrogens with two attached hydrogens (primary N) is 1. The number of hydrogen-bond acceptors (Lipinski definition) is 18. The van der Waals surface area contributed by atoms with Crippen molar-refractivity contribution in [2.45, 2.75) is 168 Å². The molecule has 0 bridgehead atoms. The van der Waals surface area contributed by atoms with Gasteiger partial charge in [-0.05, 0) is 89.7 Å². The maximum atomic E-state index is 15.2. The number of likely N-dealkylation sites (N-methyl/N-ethyl adjacent to an activating group) is 4. The predicted octanol–water partition coefficient (Wildman–Crippen LogP) is -0.778. The van der Waals surface area contributed by atoms with Gasteiger partial charge in [0.1, 0.15) is 72.3 Å². The van der Waals surface area contributed by atoms with Crippen molar-refractivity contribution in [3.63, 3.8) is 0 Å². The Morgan fingerprint density at radius 2 is 1.08 bits per heavy atom. The standard InChI is InChI=1S/C60H84N12O16/c1-26(2)41-58(83)72-23-17-19-36(72)57(82)68(13)25-38(74)70(15)47(28(5)6)60(85)87-33(11)43(54(79)64-41)66-52(77)39-40(61)48(75)30(8)50-45(39)63-44-34(21-20-29(7)49(44)88-50)51(76)65-42-32(10)86-59(84)46(27(3)4)69(14)37(73)24-67(12)56(81)35-18-16-22-71(35)55(80)31(9)62-53(42)78/h20-21,26-28,31-33,35-36,41-43,45-47,63H,16-19,22-25,61H2,1-15H3,(H,62,78)(H,64,79)(H,65,76)(H,66,77). The molecule has 0 radical (unpaired) electrons. The highest BCUT2D eigenvalue weighted by atomic mass is 16.6. The molecule has 28 nitrogen and oxygen atoms in total. The van der Waals surface area contributed by atoms with Gasteiger partial charge in [0.25, 0.3) is 11.8 Å². The van der Waals surface area contributed by atoms with Crippen LogP contribution in [0, 0.1) is 24.7 Å². The van der Waals surface area contributed by atoms with E-state index in [1.165, 1.54) is 87.6 Å². The topological polar surface area (TPSA) is 355 Å². The van der Waals surface area contributed by atoms with Crippen LogP contribution in [-0.4, -0.2) is 227 Å². The molecule has 28 heteroatoms. The molecule has 0 saturated carbocycles. The van der Waals surface area contributed by atoms with Crippen molar-refractivity contribution in [1.82, 2.24) is 50.7 Å². The number of Topliss-reactive ketones (excluding diaryl/α,β-unsaturated/α-hetero) is 1. The summed E-state index contributed by atoms with van der Waals surface area (Å²) in [6, 6.07) is -9.24. The molecule has 1 aromatic carbocycles. The Balaban J connectivity index is 1.24. The number of nitrogens with one attached hydrogen (secondary N) is 5. The minimum absolute atomic E-state index is 0.00107. The van der Waals surface area contributed by atoms with Crippen LogP contribution in [0.15, 0.2) is 34.7 Å². The average Bonchev–Trinajstić information content (AvgIpc) is 1.54. The Hall–Kier alpha value is -8.59. The number of carbonyl (C=O) groups excluding carboxylic acids is 13. The van der Waals surface area contributed by atoms with Gasteiger partial charge in [-0.25, -0.2) is 9.59 Å². The molecule has 7 N–H and O–H groups in total. The molecule has 6 aliphatic rings. The van der Waals surface area contributed by atoms with Gasteiger partial charge in [-0.2, -0.15) is 0 Å². The maximum absolute atomic E-state index is 15.2. The largest absolute Gasteiger partial charge is 0.458 e. The summed E-state index contributed by atoms with van der Waals surface area (Å²) in [5.41, 5.74) is 5.50. The summed E-state index contributed by atoms with van der Waals surface area (Å²) in [4.78, 5) is 193. The van der Waals surface area contributed by atoms with E-state index < -0.39 is 185 Å². The molecule has 5 heterocycles. The van der Waals surface area contributed by atoms with Crippen LogP contribution in [0.25, 0.3) is 0 Å². The Bertz CT molecular complexity index is 3140. The van der Waals surface area contributed by atoms with Crippen molar-refractivity contribution in [3.8, 4) is 5.75 Å². The molecule has 4 fully saturated rings. The van der Waals surface area contributed by atoms with Crippen LogP contribution in [-0.2, 0) is 67.0 Å². The van der Waals surface area contributed by atoms with E-state index in [0.29, 0.717) is 24.8 Å². The zero-order valence-electron chi connectivity index (χ0n) is 52.7. The first kappa shape index (κ1) is 66.9. The molecule has 0 aromatic heterocycles. The number of benzene rings is 1. The van der Waals surface area contributed by atoms with Gasteiger partial charge in [-0.3, -0.25) is 52.7 Å². The Morgan fingerprint density at radius 1 is 0.614 bits per heavy atom. The fourth-order valence-corrected chi connectivity index (χ4v) is 12.2. The first-order chi connectivity index (χ1) is 41.2. The van der Waals surface area contributed by atoms with Crippen LogP contribution in [0.3, 0.4) is 0 Å². The summed E-state index contributed by atoms with van der Waals surface area (Å²) in [7, 11) is 5.59. The van der Waals surface area contributed by atoms with E-state index in [1.807, 2.05) is 0 Å². The van der Waals surface area contributed by atoms with E-state index in [1.54, 1.807) is 48.5 Å². The summed E-state index contributed by atoms with van der Waals surface area (Å²) in [6.07, 6.45) is -1.58. The number of aryl methyl sites for hydroxylation is 1. The molecular weight excluding hydrogens is 1140 g/mol. The van der Waals surface area contributed by atoms with Gasteiger partial charge in [-0.15, -0.1) is 0 Å². The second-order valence-corrected chi connectivity index (χ2v) is 24.8. The van der Waals surface area contributed by atoms with Gasteiger partial charge in [-0.1, -0.05) is 47.6 Å². The lowest BCUT2D eigenvalue weighted by Crippen LogP contribution is -2.62. The van der Waals surface area contributed by atoms with Crippen molar-refractivity contribution < 1.29 is 76.5 Å². The number of cyclic esters (lactones) is 2. The molecule has 10 amide bonds. The molecule has 4 saturated heterocycles. The SMILES string of the molecule is CC1=C2Oc3c(C)ccc(C(=O)NC4C(=O)NC(C)C(=O)N5CCCC5C(=O)N(C)CC(=O)N(C)C(C(C)C)C(=O)OC4C)c3NC2C(C(=O)NC2C(=O)NC(C(C)C)C(=O)N3CCCC3C(=O)N(C)CC(=O)N(C)C(C(C)C)C(=O)OC2C)=C(N)C1=O. The summed E-state index contributed by atoms with van der Waals surface area (Å²) < 4.78 is 18.3. The van der Waals surface area contributed by atoms with E-state index >= 15 is 4.79 Å². The van der Waals surface area contributed by atoms with Crippen molar-refractivity contribution in [2.24, 2.45) is 23.5 Å². The molecule has 0 spiro atoms. The minimum atomic E-state index is -1.85. The predicted molar refractivity (Wildman–Crippen MR) is 314 cm³/mol. The number of esters is 2. The van der Waals surface area contributed by atoms with Gasteiger partial charge in [0.2, 0.25) is 53.0 Å². The molecule has 480 valence electrons. The number of ketones is 1. The Morgan fingerprint density at radius 3 is 1.56 bits per heavy atom. The fraction of sp³-hybridized carbons (Fsp3) is 0.617. The lowest BCUT2D eigenvalue weighted by atomic mass is 9.87. The number of ether oxygens (including phenoxy) is 3. The number of allylic oxidation sites excluding steroid dienone is 1. The Kier molecular flexibility index (Phi) is 20.4. The quantitative estimate of drug-likeness (QED) is 0.182. The van der Waals surface area contributed by atoms with E-state index in [9.17, 15) is 57.5 Å². The lowest BCUT2D eigenvalue weighted by molar-refractivity contribution is -0.163. The smallest absolute Gasteiger partial charge is 0.329 e. The van der Waals surface area contributed by atoms with Gasteiger partial charge in [0, 0.05) is 46.9 Å². The number of carbonyl (C=O) groups is 13. The first-order valence-electron chi connectivity index (χ1n) is 29.8. The molecule has 5 aliphatic heterocycles. The lowest BCUT2D eigenvalue weighted by Gasteiger charge is -2.38. The minimum Gasteiger partial charge on any atom is -0.458 e. The third kappa shape index (κ3) is 13.3. The van der Waals surface area contributed by atoms with Gasteiger partial charge in [0.05, 0.1) is 35.6 Å². The van der Waals surface area contributed by atoms with Crippen molar-refractivity contribution >= 4 is 82.5 Å². The van der Waals surface area contributed by atoms with Crippen LogP contribution in [0.2, 0.25) is 0 Å². The summed E-state index contributed by atoms with van der Waals surface area (Å²) in [5, 5.41) is 13.7. The van der Waals surface area contributed by atoms with Crippen LogP contribution in [0.4, 0.5) is 5.69 Å².